The van der Waals surface area contributed by atoms with E-state index in [2.05, 4.69) is 15.0 Å². The van der Waals surface area contributed by atoms with E-state index >= 15 is 0 Å². The summed E-state index contributed by atoms with van der Waals surface area (Å²) < 4.78 is 36.3. The second-order valence-electron chi connectivity index (χ2n) is 8.63. The van der Waals surface area contributed by atoms with Crippen LogP contribution in [-0.2, 0) is 23.1 Å². The van der Waals surface area contributed by atoms with Crippen LogP contribution < -0.4 is 5.73 Å². The molecule has 1 aromatic carbocycles. The number of carbonyl (C=O) groups is 2. The molecule has 2 heterocycles. The van der Waals surface area contributed by atoms with E-state index in [0.29, 0.717) is 0 Å². The molecule has 2 aromatic heterocycles. The highest BCUT2D eigenvalue weighted by Gasteiger charge is 2.38. The lowest BCUT2D eigenvalue weighted by molar-refractivity contribution is -0.0571. The van der Waals surface area contributed by atoms with Gasteiger partial charge in [0.15, 0.2) is 10.8 Å². The second kappa shape index (κ2) is 12.7. The molecule has 0 aliphatic carbocycles. The molecule has 3 N–H and O–H groups in total. The number of hydrogen-bond acceptors (Lipinski definition) is 12. The third-order valence-electron chi connectivity index (χ3n) is 4.80. The molecule has 0 saturated carbocycles. The van der Waals surface area contributed by atoms with Crippen molar-refractivity contribution in [1.82, 2.24) is 19.5 Å². The van der Waals surface area contributed by atoms with Crippen LogP contribution in [0.25, 0.3) is 11.2 Å². The van der Waals surface area contributed by atoms with Crippen LogP contribution in [0.4, 0.5) is 5.95 Å². The van der Waals surface area contributed by atoms with Crippen molar-refractivity contribution in [2.24, 2.45) is 0 Å². The summed E-state index contributed by atoms with van der Waals surface area (Å²) >= 11 is 6.07. The lowest BCUT2D eigenvalue weighted by atomic mass is 10.1. The van der Waals surface area contributed by atoms with Gasteiger partial charge < -0.3 is 29.4 Å². The standard InChI is InChI=1S/C23H29ClN5O8P/c1-13(2)36-38(33,37-14(3)4)12-34-16(10-30)18(35-22(32)15-8-6-5-7-9-15)21(31)29-11-26-17-19(24)27-23(25)28-20(17)29/h5-9,11,13-14,16,18,30H,10,12H2,1-4H3,(H2,25,27,28)/t16-,18+/m0/s1. The molecule has 0 bridgehead atoms. The molecule has 0 unspecified atom stereocenters. The Kier molecular flexibility index (Phi) is 9.94. The normalized spacial score (nSPS) is 13.7. The lowest BCUT2D eigenvalue weighted by Gasteiger charge is -2.28. The van der Waals surface area contributed by atoms with Gasteiger partial charge in [-0.15, -0.1) is 0 Å². The predicted molar refractivity (Wildman–Crippen MR) is 138 cm³/mol. The molecule has 0 aliphatic rings. The van der Waals surface area contributed by atoms with Gasteiger partial charge in [0.05, 0.1) is 24.4 Å². The summed E-state index contributed by atoms with van der Waals surface area (Å²) in [6.45, 7) is 5.85. The molecule has 15 heteroatoms. The van der Waals surface area contributed by atoms with Crippen LogP contribution in [-0.4, -0.2) is 73.9 Å². The number of esters is 1. The van der Waals surface area contributed by atoms with Crippen molar-refractivity contribution >= 4 is 48.2 Å². The molecule has 0 saturated heterocycles. The van der Waals surface area contributed by atoms with Crippen LogP contribution in [0, 0.1) is 0 Å². The monoisotopic (exact) mass is 569 g/mol. The highest BCUT2D eigenvalue weighted by atomic mass is 35.5. The number of fused-ring (bicyclic) bond motifs is 1. The number of nitrogen functional groups attached to an aromatic ring is 1. The number of anilines is 1. The van der Waals surface area contributed by atoms with E-state index in [1.165, 1.54) is 12.1 Å². The number of aromatic nitrogens is 4. The van der Waals surface area contributed by atoms with Crippen molar-refractivity contribution in [1.29, 1.82) is 0 Å². The minimum atomic E-state index is -3.83. The molecule has 2 atom stereocenters. The summed E-state index contributed by atoms with van der Waals surface area (Å²) in [5.74, 6) is -1.99. The summed E-state index contributed by atoms with van der Waals surface area (Å²) in [6.07, 6.45) is -3.71. The van der Waals surface area contributed by atoms with Crippen molar-refractivity contribution in [3.63, 3.8) is 0 Å². The molecule has 3 rings (SSSR count). The Morgan fingerprint density at radius 2 is 1.74 bits per heavy atom. The van der Waals surface area contributed by atoms with Gasteiger partial charge in [-0.1, -0.05) is 29.8 Å². The third-order valence-corrected chi connectivity index (χ3v) is 7.02. The van der Waals surface area contributed by atoms with Crippen molar-refractivity contribution in [3.8, 4) is 0 Å². The number of rotatable bonds is 12. The Balaban J connectivity index is 1.97. The van der Waals surface area contributed by atoms with Crippen molar-refractivity contribution in [2.75, 3.05) is 18.7 Å². The van der Waals surface area contributed by atoms with E-state index in [1.807, 2.05) is 0 Å². The zero-order valence-corrected chi connectivity index (χ0v) is 22.8. The van der Waals surface area contributed by atoms with E-state index < -0.39 is 56.8 Å². The summed E-state index contributed by atoms with van der Waals surface area (Å²) in [6, 6.07) is 7.90. The number of ether oxygens (including phenoxy) is 2. The molecular weight excluding hydrogens is 541 g/mol. The maximum absolute atomic E-state index is 13.7. The van der Waals surface area contributed by atoms with Crippen LogP contribution in [0.1, 0.15) is 42.8 Å². The minimum absolute atomic E-state index is 0.0538. The number of benzene rings is 1. The van der Waals surface area contributed by atoms with Gasteiger partial charge in [0.1, 0.15) is 24.3 Å². The van der Waals surface area contributed by atoms with E-state index in [9.17, 15) is 19.3 Å². The maximum atomic E-state index is 13.7. The average Bonchev–Trinajstić information content (AvgIpc) is 3.26. The topological polar surface area (TPSA) is 178 Å². The minimum Gasteiger partial charge on any atom is -0.446 e. The van der Waals surface area contributed by atoms with Gasteiger partial charge in [0.25, 0.3) is 5.91 Å². The number of imidazole rings is 1. The van der Waals surface area contributed by atoms with E-state index in [0.717, 1.165) is 10.9 Å². The molecule has 0 aliphatic heterocycles. The SMILES string of the molecule is CC(C)OP(=O)(CO[C@@H](CO)[C@@H](OC(=O)c1ccccc1)C(=O)n1cnc2c(Cl)nc(N)nc21)OC(C)C. The Morgan fingerprint density at radius 1 is 1.11 bits per heavy atom. The first-order chi connectivity index (χ1) is 17.9. The molecule has 0 fully saturated rings. The Morgan fingerprint density at radius 3 is 2.32 bits per heavy atom. The number of halogens is 1. The fraction of sp³-hybridized carbons (Fsp3) is 0.435. The summed E-state index contributed by atoms with van der Waals surface area (Å²) in [4.78, 5) is 38.4. The van der Waals surface area contributed by atoms with E-state index in [1.54, 1.807) is 45.9 Å². The Bertz CT molecular complexity index is 1310. The highest BCUT2D eigenvalue weighted by molar-refractivity contribution is 7.53. The zero-order valence-electron chi connectivity index (χ0n) is 21.2. The van der Waals surface area contributed by atoms with Crippen LogP contribution >= 0.6 is 19.2 Å². The number of hydrogen-bond donors (Lipinski definition) is 2. The van der Waals surface area contributed by atoms with Crippen LogP contribution in [0.5, 0.6) is 0 Å². The van der Waals surface area contributed by atoms with E-state index in [-0.39, 0.29) is 27.8 Å². The number of nitrogens with zero attached hydrogens (tertiary/aromatic N) is 4. The average molecular weight is 570 g/mol. The first kappa shape index (κ1) is 29.6. The number of nitrogens with two attached hydrogens (primary N) is 1. The molecule has 13 nitrogen and oxygen atoms in total. The van der Waals surface area contributed by atoms with Crippen molar-refractivity contribution in [3.05, 3.63) is 47.4 Å². The largest absolute Gasteiger partial charge is 0.446 e. The van der Waals surface area contributed by atoms with Gasteiger partial charge in [-0.2, -0.15) is 9.97 Å². The predicted octanol–water partition coefficient (Wildman–Crippen LogP) is 3.31. The lowest BCUT2D eigenvalue weighted by Crippen LogP contribution is -2.44. The van der Waals surface area contributed by atoms with Gasteiger partial charge in [-0.25, -0.2) is 14.3 Å². The number of aliphatic hydroxyl groups is 1. The molecule has 206 valence electrons. The van der Waals surface area contributed by atoms with Crippen molar-refractivity contribution in [2.45, 2.75) is 52.1 Å². The summed E-state index contributed by atoms with van der Waals surface area (Å²) in [7, 11) is -3.83. The van der Waals surface area contributed by atoms with Gasteiger partial charge in [0, 0.05) is 0 Å². The van der Waals surface area contributed by atoms with Gasteiger partial charge in [-0.3, -0.25) is 9.36 Å². The maximum Gasteiger partial charge on any atom is 0.356 e. The number of aliphatic hydroxyl groups excluding tert-OH is 1. The fourth-order valence-electron chi connectivity index (χ4n) is 3.37. The molecule has 0 amide bonds. The van der Waals surface area contributed by atoms with Crippen LogP contribution in [0.3, 0.4) is 0 Å². The van der Waals surface area contributed by atoms with Crippen molar-refractivity contribution < 1.29 is 37.8 Å². The second-order valence-corrected chi connectivity index (χ2v) is 10.9. The Labute approximate surface area is 223 Å². The van der Waals surface area contributed by atoms with Gasteiger partial charge in [0.2, 0.25) is 12.1 Å². The first-order valence-corrected chi connectivity index (χ1v) is 13.7. The quantitative estimate of drug-likeness (QED) is 0.185. The van der Waals surface area contributed by atoms with Crippen LogP contribution in [0.2, 0.25) is 5.15 Å². The molecule has 0 spiro atoms. The third kappa shape index (κ3) is 7.34. The summed E-state index contributed by atoms with van der Waals surface area (Å²) in [5.41, 5.74) is 5.84. The first-order valence-electron chi connectivity index (χ1n) is 11.6. The molecular formula is C23H29ClN5O8P. The summed E-state index contributed by atoms with van der Waals surface area (Å²) in [5, 5.41) is 10.1. The molecule has 3 aromatic rings. The fourth-order valence-corrected chi connectivity index (χ4v) is 5.42. The smallest absolute Gasteiger partial charge is 0.356 e. The Hall–Kier alpha value is -2.93. The molecule has 38 heavy (non-hydrogen) atoms. The van der Waals surface area contributed by atoms with Crippen LogP contribution in [0.15, 0.2) is 36.7 Å². The van der Waals surface area contributed by atoms with Gasteiger partial charge >= 0.3 is 13.6 Å². The zero-order chi connectivity index (χ0) is 28.0. The molecule has 0 radical (unpaired) electrons. The van der Waals surface area contributed by atoms with E-state index in [4.69, 9.17) is 35.9 Å². The highest BCUT2D eigenvalue weighted by Crippen LogP contribution is 2.50. The number of carbonyl (C=O) groups excluding carboxylic acids is 2. The van der Waals surface area contributed by atoms with Gasteiger partial charge in [-0.05, 0) is 39.8 Å².